The van der Waals surface area contributed by atoms with Crippen LogP contribution in [0.2, 0.25) is 0 Å². The molecule has 92 valence electrons. The van der Waals surface area contributed by atoms with Gasteiger partial charge in [-0.05, 0) is 18.2 Å². The Balaban J connectivity index is 2.19. The third kappa shape index (κ3) is 3.00. The highest BCUT2D eigenvalue weighted by molar-refractivity contribution is 7.99. The second-order valence-electron chi connectivity index (χ2n) is 3.68. The maximum absolute atomic E-state index is 8.62. The predicted octanol–water partition coefficient (Wildman–Crippen LogP) is 0.514. The van der Waals surface area contributed by atoms with E-state index in [0.29, 0.717) is 11.6 Å². The van der Waals surface area contributed by atoms with Gasteiger partial charge in [0.25, 0.3) is 0 Å². The van der Waals surface area contributed by atoms with Crippen LogP contribution in [0.15, 0.2) is 17.4 Å². The van der Waals surface area contributed by atoms with Gasteiger partial charge in [0.2, 0.25) is 5.95 Å². The number of thioether (sulfide) groups is 1. The van der Waals surface area contributed by atoms with Crippen molar-refractivity contribution in [1.29, 1.82) is 0 Å². The van der Waals surface area contributed by atoms with Gasteiger partial charge >= 0.3 is 0 Å². The molecule has 0 radical (unpaired) electrons. The molecule has 0 bridgehead atoms. The van der Waals surface area contributed by atoms with Gasteiger partial charge in [-0.1, -0.05) is 5.16 Å². The Morgan fingerprint density at radius 2 is 2.35 bits per heavy atom. The molecule has 3 N–H and O–H groups in total. The lowest BCUT2D eigenvalue weighted by molar-refractivity contribution is 0.318. The molecule has 1 fully saturated rings. The zero-order valence-corrected chi connectivity index (χ0v) is 10.2. The van der Waals surface area contributed by atoms with Crippen molar-refractivity contribution in [2.45, 2.75) is 6.42 Å². The molecule has 0 atom stereocenters. The van der Waals surface area contributed by atoms with E-state index in [1.165, 1.54) is 5.75 Å². The minimum atomic E-state index is 0.0119. The summed E-state index contributed by atoms with van der Waals surface area (Å²) < 4.78 is 0. The monoisotopic (exact) mass is 253 g/mol. The van der Waals surface area contributed by atoms with Crippen LogP contribution in [-0.2, 0) is 0 Å². The number of hydrogen-bond acceptors (Lipinski definition) is 6. The summed E-state index contributed by atoms with van der Waals surface area (Å²) in [6.45, 7) is 1.89. The van der Waals surface area contributed by atoms with E-state index in [0.717, 1.165) is 25.3 Å². The number of nitrogens with two attached hydrogens (primary N) is 1. The molecule has 7 heteroatoms. The van der Waals surface area contributed by atoms with Crippen LogP contribution >= 0.6 is 11.8 Å². The van der Waals surface area contributed by atoms with E-state index in [1.54, 1.807) is 12.3 Å². The molecule has 0 aromatic carbocycles. The molecule has 1 aromatic rings. The molecule has 1 aliphatic rings. The van der Waals surface area contributed by atoms with Gasteiger partial charge in [-0.25, -0.2) is 9.97 Å². The van der Waals surface area contributed by atoms with E-state index < -0.39 is 0 Å². The number of anilines is 1. The summed E-state index contributed by atoms with van der Waals surface area (Å²) in [4.78, 5) is 10.7. The van der Waals surface area contributed by atoms with Crippen molar-refractivity contribution >= 4 is 23.5 Å². The summed E-state index contributed by atoms with van der Waals surface area (Å²) in [6, 6.07) is 1.63. The molecule has 1 saturated heterocycles. The number of amidine groups is 1. The van der Waals surface area contributed by atoms with Gasteiger partial charge in [0.05, 0.1) is 0 Å². The van der Waals surface area contributed by atoms with Crippen LogP contribution in [0, 0.1) is 0 Å². The number of oxime groups is 1. The average Bonchev–Trinajstić information content (AvgIpc) is 2.67. The van der Waals surface area contributed by atoms with E-state index in [9.17, 15) is 0 Å². The fourth-order valence-corrected chi connectivity index (χ4v) is 2.53. The molecule has 0 spiro atoms. The van der Waals surface area contributed by atoms with E-state index >= 15 is 0 Å². The number of hydrogen-bond donors (Lipinski definition) is 2. The topological polar surface area (TPSA) is 87.6 Å². The largest absolute Gasteiger partial charge is 0.409 e. The lowest BCUT2D eigenvalue weighted by Gasteiger charge is -2.19. The zero-order chi connectivity index (χ0) is 12.1. The summed E-state index contributed by atoms with van der Waals surface area (Å²) in [5, 5.41) is 11.6. The Bertz CT molecular complexity index is 403. The third-order valence-corrected chi connectivity index (χ3v) is 3.57. The Labute approximate surface area is 104 Å². The molecule has 0 unspecified atom stereocenters. The van der Waals surface area contributed by atoms with Crippen molar-refractivity contribution in [2.24, 2.45) is 10.9 Å². The van der Waals surface area contributed by atoms with Crippen LogP contribution in [0.5, 0.6) is 0 Å². The minimum Gasteiger partial charge on any atom is -0.409 e. The van der Waals surface area contributed by atoms with Gasteiger partial charge < -0.3 is 15.8 Å². The van der Waals surface area contributed by atoms with Crippen LogP contribution in [0.25, 0.3) is 0 Å². The summed E-state index contributed by atoms with van der Waals surface area (Å²) in [5.41, 5.74) is 5.96. The molecule has 1 aliphatic heterocycles. The highest BCUT2D eigenvalue weighted by Crippen LogP contribution is 2.15. The highest BCUT2D eigenvalue weighted by Gasteiger charge is 2.13. The zero-order valence-electron chi connectivity index (χ0n) is 9.41. The van der Waals surface area contributed by atoms with Gasteiger partial charge in [0.1, 0.15) is 5.69 Å². The first-order valence-electron chi connectivity index (χ1n) is 5.45. The molecular weight excluding hydrogens is 238 g/mol. The fraction of sp³-hybridized carbons (Fsp3) is 0.500. The van der Waals surface area contributed by atoms with Crippen molar-refractivity contribution in [3.8, 4) is 0 Å². The Morgan fingerprint density at radius 1 is 1.47 bits per heavy atom. The fourth-order valence-electron chi connectivity index (χ4n) is 1.64. The SMILES string of the molecule is N/C(=N/O)c1ccnc(N2CCCSCC2)n1. The number of rotatable bonds is 2. The van der Waals surface area contributed by atoms with Gasteiger partial charge in [-0.3, -0.25) is 0 Å². The molecule has 0 amide bonds. The van der Waals surface area contributed by atoms with Crippen molar-refractivity contribution in [3.63, 3.8) is 0 Å². The lowest BCUT2D eigenvalue weighted by atomic mass is 10.4. The van der Waals surface area contributed by atoms with E-state index in [4.69, 9.17) is 10.9 Å². The van der Waals surface area contributed by atoms with E-state index in [-0.39, 0.29) is 5.84 Å². The molecule has 0 aliphatic carbocycles. The van der Waals surface area contributed by atoms with Gasteiger partial charge in [-0.2, -0.15) is 11.8 Å². The molecule has 17 heavy (non-hydrogen) atoms. The maximum atomic E-state index is 8.62. The predicted molar refractivity (Wildman–Crippen MR) is 68.7 cm³/mol. The van der Waals surface area contributed by atoms with Crippen molar-refractivity contribution < 1.29 is 5.21 Å². The van der Waals surface area contributed by atoms with Crippen molar-refractivity contribution in [2.75, 3.05) is 29.5 Å². The van der Waals surface area contributed by atoms with Crippen molar-refractivity contribution in [3.05, 3.63) is 18.0 Å². The second kappa shape index (κ2) is 5.72. The highest BCUT2D eigenvalue weighted by atomic mass is 32.2. The Kier molecular flexibility index (Phi) is 4.03. The normalized spacial score (nSPS) is 17.9. The van der Waals surface area contributed by atoms with Crippen LogP contribution < -0.4 is 10.6 Å². The van der Waals surface area contributed by atoms with Gasteiger partial charge in [-0.15, -0.1) is 0 Å². The first-order valence-corrected chi connectivity index (χ1v) is 6.60. The quantitative estimate of drug-likeness (QED) is 0.346. The molecule has 0 saturated carbocycles. The molecule has 2 rings (SSSR count). The first kappa shape index (κ1) is 12.0. The molecule has 2 heterocycles. The molecular formula is C10H15N5OS. The van der Waals surface area contributed by atoms with E-state index in [1.807, 2.05) is 11.8 Å². The summed E-state index contributed by atoms with van der Waals surface area (Å²) >= 11 is 1.94. The van der Waals surface area contributed by atoms with Gasteiger partial charge in [0.15, 0.2) is 5.84 Å². The smallest absolute Gasteiger partial charge is 0.225 e. The summed E-state index contributed by atoms with van der Waals surface area (Å²) in [5.74, 6) is 2.92. The molecule has 6 nitrogen and oxygen atoms in total. The maximum Gasteiger partial charge on any atom is 0.225 e. The van der Waals surface area contributed by atoms with Crippen LogP contribution in [0.1, 0.15) is 12.1 Å². The van der Waals surface area contributed by atoms with Crippen LogP contribution in [0.3, 0.4) is 0 Å². The van der Waals surface area contributed by atoms with Crippen LogP contribution in [-0.4, -0.2) is 45.6 Å². The standard InChI is InChI=1S/C10H15N5OS/c11-9(14-16)8-2-3-12-10(13-8)15-4-1-6-17-7-5-15/h2-3,16H,1,4-7H2,(H2,11,14). The average molecular weight is 253 g/mol. The van der Waals surface area contributed by atoms with E-state index in [2.05, 4.69) is 20.0 Å². The number of aromatic nitrogens is 2. The van der Waals surface area contributed by atoms with Crippen molar-refractivity contribution in [1.82, 2.24) is 9.97 Å². The lowest BCUT2D eigenvalue weighted by Crippen LogP contribution is -2.28. The Hall–Kier alpha value is -1.50. The Morgan fingerprint density at radius 3 is 3.18 bits per heavy atom. The number of nitrogens with zero attached hydrogens (tertiary/aromatic N) is 4. The van der Waals surface area contributed by atoms with Crippen LogP contribution in [0.4, 0.5) is 5.95 Å². The molecule has 1 aromatic heterocycles. The first-order chi connectivity index (χ1) is 8.31. The summed E-state index contributed by atoms with van der Waals surface area (Å²) in [6.07, 6.45) is 2.76. The summed E-state index contributed by atoms with van der Waals surface area (Å²) in [7, 11) is 0. The minimum absolute atomic E-state index is 0.0119. The third-order valence-electron chi connectivity index (χ3n) is 2.52. The van der Waals surface area contributed by atoms with Gasteiger partial charge in [0, 0.05) is 25.0 Å². The second-order valence-corrected chi connectivity index (χ2v) is 4.90.